The van der Waals surface area contributed by atoms with Crippen LogP contribution in [0.1, 0.15) is 36.4 Å². The third kappa shape index (κ3) is 5.42. The van der Waals surface area contributed by atoms with E-state index in [1.165, 1.54) is 24.0 Å². The zero-order chi connectivity index (χ0) is 15.1. The van der Waals surface area contributed by atoms with Crippen molar-refractivity contribution in [1.82, 2.24) is 10.2 Å². The Morgan fingerprint density at radius 3 is 2.71 bits per heavy atom. The summed E-state index contributed by atoms with van der Waals surface area (Å²) in [4.78, 5) is 2.46. The minimum Gasteiger partial charge on any atom is -0.381 e. The molecule has 2 unspecified atom stereocenters. The van der Waals surface area contributed by atoms with Gasteiger partial charge in [-0.2, -0.15) is 0 Å². The Labute approximate surface area is 129 Å². The molecule has 0 spiro atoms. The Morgan fingerprint density at radius 1 is 1.33 bits per heavy atom. The first-order chi connectivity index (χ1) is 10.2. The van der Waals surface area contributed by atoms with Gasteiger partial charge in [0.25, 0.3) is 0 Å². The summed E-state index contributed by atoms with van der Waals surface area (Å²) in [6.45, 7) is 6.31. The van der Waals surface area contributed by atoms with Crippen molar-refractivity contribution in [2.24, 2.45) is 5.92 Å². The first-order valence-corrected chi connectivity index (χ1v) is 8.19. The van der Waals surface area contributed by atoms with Crippen LogP contribution in [0.3, 0.4) is 0 Å². The van der Waals surface area contributed by atoms with Gasteiger partial charge in [0.1, 0.15) is 0 Å². The first-order valence-electron chi connectivity index (χ1n) is 8.19. The van der Waals surface area contributed by atoms with E-state index in [1.807, 2.05) is 0 Å². The number of aryl methyl sites for hydroxylation is 1. The van der Waals surface area contributed by atoms with Gasteiger partial charge in [-0.1, -0.05) is 29.8 Å². The summed E-state index contributed by atoms with van der Waals surface area (Å²) in [7, 11) is 4.29. The molecule has 1 aliphatic rings. The van der Waals surface area contributed by atoms with Crippen LogP contribution in [0.25, 0.3) is 0 Å². The van der Waals surface area contributed by atoms with Gasteiger partial charge in [0, 0.05) is 19.2 Å². The van der Waals surface area contributed by atoms with E-state index in [1.54, 1.807) is 0 Å². The van der Waals surface area contributed by atoms with Crippen molar-refractivity contribution in [1.29, 1.82) is 0 Å². The maximum absolute atomic E-state index is 5.57. The lowest BCUT2D eigenvalue weighted by Gasteiger charge is -2.28. The van der Waals surface area contributed by atoms with E-state index in [2.05, 4.69) is 55.5 Å². The van der Waals surface area contributed by atoms with Crippen LogP contribution in [0, 0.1) is 12.8 Å². The molecule has 0 aliphatic carbocycles. The number of ether oxygens (including phenoxy) is 1. The van der Waals surface area contributed by atoms with Crippen LogP contribution >= 0.6 is 0 Å². The van der Waals surface area contributed by atoms with Crippen molar-refractivity contribution in [3.8, 4) is 0 Å². The van der Waals surface area contributed by atoms with Crippen molar-refractivity contribution in [3.63, 3.8) is 0 Å². The Morgan fingerprint density at radius 2 is 2.10 bits per heavy atom. The molecule has 1 aliphatic heterocycles. The molecule has 0 saturated carbocycles. The van der Waals surface area contributed by atoms with Crippen LogP contribution in [-0.4, -0.2) is 45.3 Å². The van der Waals surface area contributed by atoms with Gasteiger partial charge in [0.05, 0.1) is 6.61 Å². The summed E-state index contributed by atoms with van der Waals surface area (Å²) in [6, 6.07) is 9.32. The number of nitrogens with one attached hydrogen (secondary N) is 1. The average Bonchev–Trinajstić information content (AvgIpc) is 2.50. The Balaban J connectivity index is 1.77. The first kappa shape index (κ1) is 16.5. The third-order valence-corrected chi connectivity index (χ3v) is 4.45. The second kappa shape index (κ2) is 8.52. The number of rotatable bonds is 7. The zero-order valence-corrected chi connectivity index (χ0v) is 13.8. The molecular weight excluding hydrogens is 260 g/mol. The van der Waals surface area contributed by atoms with Crippen LogP contribution in [0.5, 0.6) is 0 Å². The van der Waals surface area contributed by atoms with Crippen LogP contribution in [0.4, 0.5) is 0 Å². The SMILES string of the molecule is CNC(CCN(C)CC1CCCOC1)c1ccc(C)cc1. The second-order valence-electron chi connectivity index (χ2n) is 6.39. The molecule has 0 bridgehead atoms. The predicted octanol–water partition coefficient (Wildman–Crippen LogP) is 3.00. The van der Waals surface area contributed by atoms with Gasteiger partial charge in [-0.05, 0) is 58.3 Å². The highest BCUT2D eigenvalue weighted by Crippen LogP contribution is 2.19. The van der Waals surface area contributed by atoms with Gasteiger partial charge in [0.2, 0.25) is 0 Å². The van der Waals surface area contributed by atoms with Gasteiger partial charge in [-0.25, -0.2) is 0 Å². The maximum Gasteiger partial charge on any atom is 0.0506 e. The van der Waals surface area contributed by atoms with E-state index in [0.29, 0.717) is 6.04 Å². The quantitative estimate of drug-likeness (QED) is 0.835. The van der Waals surface area contributed by atoms with E-state index in [4.69, 9.17) is 4.74 Å². The molecule has 1 aromatic carbocycles. The number of hydrogen-bond acceptors (Lipinski definition) is 3. The number of nitrogens with zero attached hydrogens (tertiary/aromatic N) is 1. The fourth-order valence-corrected chi connectivity index (χ4v) is 3.11. The molecule has 118 valence electrons. The molecule has 1 heterocycles. The van der Waals surface area contributed by atoms with Crippen molar-refractivity contribution in [2.45, 2.75) is 32.2 Å². The van der Waals surface area contributed by atoms with Crippen molar-refractivity contribution in [2.75, 3.05) is 40.4 Å². The van der Waals surface area contributed by atoms with Crippen molar-refractivity contribution >= 4 is 0 Å². The summed E-state index contributed by atoms with van der Waals surface area (Å²) in [6.07, 6.45) is 3.68. The minimum atomic E-state index is 0.440. The Kier molecular flexibility index (Phi) is 6.68. The largest absolute Gasteiger partial charge is 0.381 e. The Bertz CT molecular complexity index is 398. The highest BCUT2D eigenvalue weighted by Gasteiger charge is 2.17. The smallest absolute Gasteiger partial charge is 0.0506 e. The highest BCUT2D eigenvalue weighted by atomic mass is 16.5. The third-order valence-electron chi connectivity index (χ3n) is 4.45. The molecule has 3 nitrogen and oxygen atoms in total. The summed E-state index contributed by atoms with van der Waals surface area (Å²) < 4.78 is 5.57. The van der Waals surface area contributed by atoms with Crippen LogP contribution in [0.15, 0.2) is 24.3 Å². The molecule has 3 heteroatoms. The van der Waals surface area contributed by atoms with E-state index in [9.17, 15) is 0 Å². The van der Waals surface area contributed by atoms with Gasteiger partial charge in [-0.3, -0.25) is 0 Å². The lowest BCUT2D eigenvalue weighted by atomic mass is 10.0. The van der Waals surface area contributed by atoms with Crippen LogP contribution < -0.4 is 5.32 Å². The van der Waals surface area contributed by atoms with Gasteiger partial charge < -0.3 is 15.0 Å². The Hall–Kier alpha value is -0.900. The van der Waals surface area contributed by atoms with E-state index >= 15 is 0 Å². The van der Waals surface area contributed by atoms with E-state index < -0.39 is 0 Å². The normalized spacial score (nSPS) is 20.7. The van der Waals surface area contributed by atoms with Crippen molar-refractivity contribution < 1.29 is 4.74 Å². The van der Waals surface area contributed by atoms with E-state index in [-0.39, 0.29) is 0 Å². The fraction of sp³-hybridized carbons (Fsp3) is 0.667. The molecule has 1 fully saturated rings. The number of hydrogen-bond donors (Lipinski definition) is 1. The molecular formula is C18H30N2O. The summed E-state index contributed by atoms with van der Waals surface area (Å²) >= 11 is 0. The standard InChI is InChI=1S/C18H30N2O/c1-15-6-8-17(9-7-15)18(19-2)10-11-20(3)13-16-5-4-12-21-14-16/h6-9,16,18-19H,4-5,10-14H2,1-3H3. The lowest BCUT2D eigenvalue weighted by molar-refractivity contribution is 0.0416. The van der Waals surface area contributed by atoms with Crippen LogP contribution in [0.2, 0.25) is 0 Å². The zero-order valence-electron chi connectivity index (χ0n) is 13.8. The molecule has 1 N–H and O–H groups in total. The monoisotopic (exact) mass is 290 g/mol. The lowest BCUT2D eigenvalue weighted by Crippen LogP contribution is -2.33. The molecule has 1 aromatic rings. The van der Waals surface area contributed by atoms with Gasteiger partial charge in [-0.15, -0.1) is 0 Å². The van der Waals surface area contributed by atoms with Gasteiger partial charge >= 0.3 is 0 Å². The second-order valence-corrected chi connectivity index (χ2v) is 6.39. The summed E-state index contributed by atoms with van der Waals surface area (Å²) in [5.41, 5.74) is 2.71. The van der Waals surface area contributed by atoms with Crippen molar-refractivity contribution in [3.05, 3.63) is 35.4 Å². The minimum absolute atomic E-state index is 0.440. The summed E-state index contributed by atoms with van der Waals surface area (Å²) in [5, 5.41) is 3.45. The molecule has 0 amide bonds. The average molecular weight is 290 g/mol. The summed E-state index contributed by atoms with van der Waals surface area (Å²) in [5.74, 6) is 0.719. The van der Waals surface area contributed by atoms with Gasteiger partial charge in [0.15, 0.2) is 0 Å². The molecule has 0 radical (unpaired) electrons. The number of benzene rings is 1. The molecule has 21 heavy (non-hydrogen) atoms. The highest BCUT2D eigenvalue weighted by molar-refractivity contribution is 5.24. The van der Waals surface area contributed by atoms with E-state index in [0.717, 1.165) is 38.6 Å². The molecule has 2 atom stereocenters. The molecule has 1 saturated heterocycles. The molecule has 2 rings (SSSR count). The maximum atomic E-state index is 5.57. The topological polar surface area (TPSA) is 24.5 Å². The fourth-order valence-electron chi connectivity index (χ4n) is 3.11. The predicted molar refractivity (Wildman–Crippen MR) is 88.6 cm³/mol. The van der Waals surface area contributed by atoms with Crippen LogP contribution in [-0.2, 0) is 4.74 Å². The molecule has 0 aromatic heterocycles.